The second kappa shape index (κ2) is 10.2. The summed E-state index contributed by atoms with van der Waals surface area (Å²) in [4.78, 5) is 8.56. The summed E-state index contributed by atoms with van der Waals surface area (Å²) in [7, 11) is -0.790. The van der Waals surface area contributed by atoms with Crippen LogP contribution in [0.3, 0.4) is 0 Å². The van der Waals surface area contributed by atoms with Gasteiger partial charge in [-0.15, -0.1) is 0 Å². The zero-order valence-corrected chi connectivity index (χ0v) is 19.2. The molecule has 0 radical (unpaired) electrons. The van der Waals surface area contributed by atoms with Gasteiger partial charge in [0.25, 0.3) is 0 Å². The first kappa shape index (κ1) is 25.1. The average molecular weight is 497 g/mol. The van der Waals surface area contributed by atoms with Gasteiger partial charge in [-0.2, -0.15) is 4.36 Å². The molecule has 1 aromatic heterocycles. The van der Waals surface area contributed by atoms with Crippen molar-refractivity contribution in [2.45, 2.75) is 19.6 Å². The summed E-state index contributed by atoms with van der Waals surface area (Å²) in [6.45, 7) is 0.738. The fourth-order valence-corrected chi connectivity index (χ4v) is 4.27. The van der Waals surface area contributed by atoms with Crippen molar-refractivity contribution in [2.75, 3.05) is 38.2 Å². The van der Waals surface area contributed by atoms with Crippen molar-refractivity contribution in [3.05, 3.63) is 47.5 Å². The van der Waals surface area contributed by atoms with Gasteiger partial charge < -0.3 is 19.5 Å². The molecule has 11 heteroatoms. The predicted octanol–water partition coefficient (Wildman–Crippen LogP) is 4.95. The summed E-state index contributed by atoms with van der Waals surface area (Å²) in [6, 6.07) is 7.44. The molecule has 2 heterocycles. The third-order valence-corrected chi connectivity index (χ3v) is 5.71. The summed E-state index contributed by atoms with van der Waals surface area (Å²) >= 11 is 6.51. The summed E-state index contributed by atoms with van der Waals surface area (Å²) in [6.07, 6.45) is 3.82. The quantitative estimate of drug-likeness (QED) is 0.515. The molecule has 0 aliphatic carbocycles. The Morgan fingerprint density at radius 1 is 1.21 bits per heavy atom. The Balaban J connectivity index is 0.00000306. The van der Waals surface area contributed by atoms with Gasteiger partial charge in [0, 0.05) is 35.4 Å². The minimum Gasteiger partial charge on any atom is -0.483 e. The summed E-state index contributed by atoms with van der Waals surface area (Å²) in [5.41, 5.74) is 1.47. The van der Waals surface area contributed by atoms with Crippen molar-refractivity contribution in [3.63, 3.8) is 0 Å². The van der Waals surface area contributed by atoms with E-state index in [2.05, 4.69) is 19.6 Å². The van der Waals surface area contributed by atoms with Gasteiger partial charge >= 0.3 is 0 Å². The fraction of sp³-hybridized carbons (Fsp3) is 0.364. The normalized spacial score (nSPS) is 18.1. The van der Waals surface area contributed by atoms with Crippen molar-refractivity contribution in [1.82, 2.24) is 9.97 Å². The molecule has 0 saturated carbocycles. The van der Waals surface area contributed by atoms with Gasteiger partial charge in [0.05, 0.1) is 40.5 Å². The van der Waals surface area contributed by atoms with Crippen LogP contribution in [0.1, 0.15) is 7.43 Å². The number of rotatable bonds is 6. The molecule has 1 N–H and O–H groups in total. The van der Waals surface area contributed by atoms with Gasteiger partial charge in [0.2, 0.25) is 0 Å². The molecule has 1 saturated heterocycles. The summed E-state index contributed by atoms with van der Waals surface area (Å²) < 4.78 is 47.0. The fourth-order valence-electron chi connectivity index (χ4n) is 3.36. The van der Waals surface area contributed by atoms with Gasteiger partial charge in [0.15, 0.2) is 6.10 Å². The molecule has 1 aliphatic heterocycles. The van der Waals surface area contributed by atoms with E-state index >= 15 is 0 Å². The molecular weight excluding hydrogens is 471 g/mol. The van der Waals surface area contributed by atoms with E-state index in [1.54, 1.807) is 25.3 Å². The molecule has 2 atom stereocenters. The van der Waals surface area contributed by atoms with E-state index in [4.69, 9.17) is 25.8 Å². The van der Waals surface area contributed by atoms with Crippen LogP contribution >= 0.6 is 11.6 Å². The first-order chi connectivity index (χ1) is 15.2. The Morgan fingerprint density at radius 2 is 1.97 bits per heavy atom. The number of nitrogens with zero attached hydrogens (tertiary/aromatic N) is 3. The lowest BCUT2D eigenvalue weighted by Crippen LogP contribution is -2.31. The number of fused-ring (bicyclic) bond motifs is 1. The van der Waals surface area contributed by atoms with Crippen LogP contribution in [0.4, 0.5) is 21.6 Å². The lowest BCUT2D eigenvalue weighted by atomic mass is 10.2. The molecule has 1 aliphatic rings. The van der Waals surface area contributed by atoms with Crippen LogP contribution < -0.4 is 10.1 Å². The molecule has 3 aromatic rings. The Bertz CT molecular complexity index is 1270. The maximum absolute atomic E-state index is 14.0. The van der Waals surface area contributed by atoms with Gasteiger partial charge in [-0.05, 0) is 24.3 Å². The van der Waals surface area contributed by atoms with Gasteiger partial charge in [-0.25, -0.2) is 18.6 Å². The van der Waals surface area contributed by atoms with Crippen molar-refractivity contribution < 1.29 is 22.8 Å². The first-order valence-corrected chi connectivity index (χ1v) is 12.4. The van der Waals surface area contributed by atoms with Crippen LogP contribution in [-0.2, 0) is 19.2 Å². The van der Waals surface area contributed by atoms with Crippen LogP contribution in [-0.4, -0.2) is 59.2 Å². The topological polar surface area (TPSA) is 94.9 Å². The number of benzene rings is 2. The van der Waals surface area contributed by atoms with E-state index in [9.17, 15) is 8.60 Å². The van der Waals surface area contributed by atoms with E-state index in [0.717, 1.165) is 0 Å². The second-order valence-corrected chi connectivity index (χ2v) is 10.5. The average Bonchev–Trinajstić information content (AvgIpc) is 3.15. The predicted molar refractivity (Wildman–Crippen MR) is 129 cm³/mol. The smallest absolute Gasteiger partial charge is 0.150 e. The molecule has 0 amide bonds. The molecule has 4 rings (SSSR count). The van der Waals surface area contributed by atoms with Crippen molar-refractivity contribution >= 4 is 49.4 Å². The monoisotopic (exact) mass is 496 g/mol. The van der Waals surface area contributed by atoms with Gasteiger partial charge in [-0.1, -0.05) is 19.0 Å². The molecule has 33 heavy (non-hydrogen) atoms. The molecular formula is C22H26ClFN4O4S. The Labute approximate surface area is 197 Å². The van der Waals surface area contributed by atoms with Crippen LogP contribution in [0.2, 0.25) is 5.02 Å². The van der Waals surface area contributed by atoms with Crippen LogP contribution in [0.15, 0.2) is 41.0 Å². The molecule has 1 fully saturated rings. The highest BCUT2D eigenvalue weighted by molar-refractivity contribution is 7.92. The highest BCUT2D eigenvalue weighted by Gasteiger charge is 2.30. The molecule has 178 valence electrons. The maximum Gasteiger partial charge on any atom is 0.150 e. The van der Waals surface area contributed by atoms with E-state index in [-0.39, 0.29) is 25.4 Å². The number of methoxy groups -OCH3 is 1. The van der Waals surface area contributed by atoms with Gasteiger partial charge in [-0.3, -0.25) is 0 Å². The summed E-state index contributed by atoms with van der Waals surface area (Å²) in [5, 5.41) is 4.04. The number of nitrogens with one attached hydrogen (secondary N) is 1. The van der Waals surface area contributed by atoms with Gasteiger partial charge in [0.1, 0.15) is 29.8 Å². The second-order valence-electron chi connectivity index (χ2n) is 7.55. The first-order valence-electron chi connectivity index (χ1n) is 9.68. The number of hydrogen-bond acceptors (Lipinski definition) is 8. The molecule has 0 bridgehead atoms. The third-order valence-electron chi connectivity index (χ3n) is 4.76. The molecule has 8 nitrogen and oxygen atoms in total. The largest absolute Gasteiger partial charge is 0.483 e. The number of aromatic nitrogens is 2. The highest BCUT2D eigenvalue weighted by Crippen LogP contribution is 2.36. The van der Waals surface area contributed by atoms with E-state index in [1.807, 2.05) is 0 Å². The number of halogens is 2. The van der Waals surface area contributed by atoms with Crippen molar-refractivity contribution in [1.29, 1.82) is 0 Å². The van der Waals surface area contributed by atoms with Crippen LogP contribution in [0.5, 0.6) is 5.75 Å². The van der Waals surface area contributed by atoms with Crippen LogP contribution in [0.25, 0.3) is 10.9 Å². The standard InChI is InChI=1S/C21H22ClFN4O4S.CH4/c1-29-18-9-30-10-19(18)31-17-6-12(23)4-5-15(17)26-21-20-14(22)7-13(27-32(2,3)28)8-16(20)24-11-25-21;/h4-8,11,18-19H,9-10H2,1-3H3,(H,24,25,26);1H4/t18-,19+;/m1./s1. The lowest BCUT2D eigenvalue weighted by molar-refractivity contribution is 0.0328. The van der Waals surface area contributed by atoms with E-state index in [0.29, 0.717) is 46.3 Å². The molecule has 0 spiro atoms. The number of hydrogen-bond donors (Lipinski definition) is 1. The van der Waals surface area contributed by atoms with Crippen LogP contribution in [0, 0.1) is 5.82 Å². The maximum atomic E-state index is 14.0. The van der Waals surface area contributed by atoms with Crippen molar-refractivity contribution in [2.24, 2.45) is 4.36 Å². The number of anilines is 2. The Morgan fingerprint density at radius 3 is 2.70 bits per heavy atom. The number of ether oxygens (including phenoxy) is 3. The zero-order chi connectivity index (χ0) is 22.9. The Hall–Kier alpha value is -2.53. The van der Waals surface area contributed by atoms with E-state index in [1.165, 1.54) is 31.0 Å². The highest BCUT2D eigenvalue weighted by atomic mass is 35.5. The zero-order valence-electron chi connectivity index (χ0n) is 17.7. The summed E-state index contributed by atoms with van der Waals surface area (Å²) in [5.74, 6) is 0.245. The third kappa shape index (κ3) is 5.89. The lowest BCUT2D eigenvalue weighted by Gasteiger charge is -2.21. The minimum atomic E-state index is -2.36. The Kier molecular flexibility index (Phi) is 7.73. The minimum absolute atomic E-state index is 0. The molecule has 0 unspecified atom stereocenters. The molecule has 2 aromatic carbocycles. The SMILES string of the molecule is C.CO[C@@H]1COC[C@@H]1Oc1cc(F)ccc1Nc1ncnc2cc(N=S(C)(C)=O)cc(Cl)c12. The van der Waals surface area contributed by atoms with Crippen molar-refractivity contribution in [3.8, 4) is 5.75 Å². The van der Waals surface area contributed by atoms with E-state index < -0.39 is 15.5 Å².